The third-order valence-corrected chi connectivity index (χ3v) is 7.25. The molecule has 0 spiro atoms. The number of urea groups is 1. The van der Waals surface area contributed by atoms with Crippen LogP contribution in [-0.4, -0.2) is 29.3 Å². The molecule has 1 aromatic heterocycles. The van der Waals surface area contributed by atoms with Crippen molar-refractivity contribution in [1.82, 2.24) is 14.5 Å². The van der Waals surface area contributed by atoms with E-state index in [0.29, 0.717) is 5.69 Å². The summed E-state index contributed by atoms with van der Waals surface area (Å²) in [6, 6.07) is 2.61. The van der Waals surface area contributed by atoms with E-state index in [1.807, 2.05) is 13.8 Å². The predicted molar refractivity (Wildman–Crippen MR) is 118 cm³/mol. The van der Waals surface area contributed by atoms with Gasteiger partial charge in [-0.1, -0.05) is 6.07 Å². The van der Waals surface area contributed by atoms with Crippen LogP contribution in [0.3, 0.4) is 0 Å². The number of aryl methyl sites for hydroxylation is 2. The molecule has 2 aromatic rings. The van der Waals surface area contributed by atoms with E-state index < -0.39 is 21.7 Å². The molecule has 2 aliphatic carbocycles. The average Bonchev–Trinajstić information content (AvgIpc) is 3.39. The van der Waals surface area contributed by atoms with Crippen LogP contribution in [0.4, 0.5) is 10.5 Å². The number of rotatable bonds is 5. The number of aliphatic hydroxyl groups is 1. The van der Waals surface area contributed by atoms with Crippen LogP contribution in [0.1, 0.15) is 74.5 Å². The fourth-order valence-corrected chi connectivity index (χ4v) is 5.50. The second kappa shape index (κ2) is 7.63. The zero-order valence-corrected chi connectivity index (χ0v) is 19.3. The monoisotopic (exact) mass is 446 g/mol. The fraction of sp³-hybridized carbons (Fsp3) is 0.545. The van der Waals surface area contributed by atoms with Gasteiger partial charge >= 0.3 is 6.03 Å². The number of anilines is 1. The van der Waals surface area contributed by atoms with Gasteiger partial charge in [0.1, 0.15) is 5.60 Å². The Morgan fingerprint density at radius 1 is 1.10 bits per heavy atom. The number of carbonyl (C=O) groups is 1. The predicted octanol–water partition coefficient (Wildman–Crippen LogP) is 3.18. The fourth-order valence-electron chi connectivity index (χ4n) is 4.63. The molecule has 0 saturated heterocycles. The summed E-state index contributed by atoms with van der Waals surface area (Å²) >= 11 is 0. The molecule has 0 unspecified atom stereocenters. The summed E-state index contributed by atoms with van der Waals surface area (Å²) in [7, 11) is -4.21. The summed E-state index contributed by atoms with van der Waals surface area (Å²) < 4.78 is 29.3. The minimum atomic E-state index is -4.21. The maximum absolute atomic E-state index is 12.9. The van der Waals surface area contributed by atoms with E-state index in [0.717, 1.165) is 55.3 Å². The third-order valence-electron chi connectivity index (χ3n) is 6.04. The van der Waals surface area contributed by atoms with Crippen molar-refractivity contribution in [1.29, 1.82) is 0 Å². The van der Waals surface area contributed by atoms with Gasteiger partial charge in [0.2, 0.25) is 0 Å². The topological polar surface area (TPSA) is 113 Å². The highest BCUT2D eigenvalue weighted by Gasteiger charge is 2.31. The van der Waals surface area contributed by atoms with Crippen molar-refractivity contribution in [2.75, 3.05) is 5.32 Å². The van der Waals surface area contributed by atoms with Crippen LogP contribution < -0.4 is 10.0 Å². The number of hydrogen-bond acceptors (Lipinski definition) is 5. The van der Waals surface area contributed by atoms with Crippen molar-refractivity contribution in [3.8, 4) is 0 Å². The van der Waals surface area contributed by atoms with E-state index in [2.05, 4.69) is 21.2 Å². The lowest BCUT2D eigenvalue weighted by Gasteiger charge is -2.20. The first-order valence-corrected chi connectivity index (χ1v) is 12.3. The molecular weight excluding hydrogens is 416 g/mol. The molecule has 0 bridgehead atoms. The molecular formula is C22H30N4O4S. The largest absolute Gasteiger partial charge is 0.384 e. The van der Waals surface area contributed by atoms with E-state index >= 15 is 0 Å². The van der Waals surface area contributed by atoms with E-state index in [4.69, 9.17) is 0 Å². The van der Waals surface area contributed by atoms with E-state index in [9.17, 15) is 18.3 Å². The molecule has 3 N–H and O–H groups in total. The molecule has 2 amide bonds. The Kier molecular flexibility index (Phi) is 5.37. The average molecular weight is 447 g/mol. The third kappa shape index (κ3) is 4.08. The number of fused-ring (bicyclic) bond motifs is 2. The van der Waals surface area contributed by atoms with Gasteiger partial charge in [0.15, 0.2) is 5.03 Å². The standard InChI is InChI=1S/C22H30N4O4S/c1-13(2)26-18(22(3,4)28)12-19(24-26)31(29,30)25-21(27)23-20-16-9-5-7-14(16)11-15-8-6-10-17(15)20/h11-13,28H,5-10H2,1-4H3,(H2,23,25,27). The highest BCUT2D eigenvalue weighted by molar-refractivity contribution is 7.90. The minimum Gasteiger partial charge on any atom is -0.384 e. The number of benzene rings is 1. The van der Waals surface area contributed by atoms with Crippen LogP contribution in [0.2, 0.25) is 0 Å². The van der Waals surface area contributed by atoms with Gasteiger partial charge in [-0.2, -0.15) is 13.5 Å². The Balaban J connectivity index is 1.60. The summed E-state index contributed by atoms with van der Waals surface area (Å²) in [6.07, 6.45) is 5.84. The van der Waals surface area contributed by atoms with Crippen LogP contribution in [0.5, 0.6) is 0 Å². The molecule has 0 aliphatic heterocycles. The molecule has 9 heteroatoms. The molecule has 0 radical (unpaired) electrons. The minimum absolute atomic E-state index is 0.159. The highest BCUT2D eigenvalue weighted by atomic mass is 32.2. The summed E-state index contributed by atoms with van der Waals surface area (Å²) in [5.41, 5.74) is 4.62. The quantitative estimate of drug-likeness (QED) is 0.653. The molecule has 168 valence electrons. The smallest absolute Gasteiger partial charge is 0.333 e. The first-order valence-electron chi connectivity index (χ1n) is 10.8. The van der Waals surface area contributed by atoms with Gasteiger partial charge in [-0.15, -0.1) is 0 Å². The van der Waals surface area contributed by atoms with Crippen molar-refractivity contribution in [2.45, 2.75) is 82.9 Å². The van der Waals surface area contributed by atoms with Crippen LogP contribution in [0, 0.1) is 0 Å². The Bertz CT molecular complexity index is 1110. The number of aromatic nitrogens is 2. The van der Waals surface area contributed by atoms with Gasteiger partial charge in [0, 0.05) is 17.8 Å². The number of amides is 2. The van der Waals surface area contributed by atoms with Gasteiger partial charge in [-0.05, 0) is 88.5 Å². The number of hydrogen-bond donors (Lipinski definition) is 3. The number of nitrogens with zero attached hydrogens (tertiary/aromatic N) is 2. The van der Waals surface area contributed by atoms with Crippen LogP contribution in [0.25, 0.3) is 0 Å². The zero-order valence-electron chi connectivity index (χ0n) is 18.4. The van der Waals surface area contributed by atoms with Gasteiger partial charge in [0.25, 0.3) is 10.0 Å². The van der Waals surface area contributed by atoms with Gasteiger partial charge in [0.05, 0.1) is 5.69 Å². The molecule has 0 atom stereocenters. The van der Waals surface area contributed by atoms with Gasteiger partial charge in [-0.25, -0.2) is 9.52 Å². The molecule has 1 heterocycles. The molecule has 31 heavy (non-hydrogen) atoms. The summed E-state index contributed by atoms with van der Waals surface area (Å²) in [5, 5.41) is 17.1. The number of carbonyl (C=O) groups excluding carboxylic acids is 1. The van der Waals surface area contributed by atoms with Crippen molar-refractivity contribution < 1.29 is 18.3 Å². The zero-order chi connectivity index (χ0) is 22.6. The van der Waals surface area contributed by atoms with E-state index in [1.54, 1.807) is 13.8 Å². The number of sulfonamides is 1. The number of nitrogens with one attached hydrogen (secondary N) is 2. The van der Waals surface area contributed by atoms with E-state index in [1.165, 1.54) is 21.9 Å². The first kappa shape index (κ1) is 21.8. The Morgan fingerprint density at radius 3 is 2.16 bits per heavy atom. The first-order chi connectivity index (χ1) is 14.5. The lowest BCUT2D eigenvalue weighted by atomic mass is 9.99. The van der Waals surface area contributed by atoms with E-state index in [-0.39, 0.29) is 11.1 Å². The highest BCUT2D eigenvalue weighted by Crippen LogP contribution is 2.38. The molecule has 0 fully saturated rings. The van der Waals surface area contributed by atoms with Crippen molar-refractivity contribution in [3.63, 3.8) is 0 Å². The Morgan fingerprint density at radius 2 is 1.68 bits per heavy atom. The molecule has 0 saturated carbocycles. The molecule has 1 aromatic carbocycles. The van der Waals surface area contributed by atoms with Crippen molar-refractivity contribution >= 4 is 21.7 Å². The Labute approximate surface area is 183 Å². The summed E-state index contributed by atoms with van der Waals surface area (Å²) in [5.74, 6) is 0. The van der Waals surface area contributed by atoms with Gasteiger partial charge in [-0.3, -0.25) is 4.68 Å². The van der Waals surface area contributed by atoms with Crippen molar-refractivity contribution in [3.05, 3.63) is 40.1 Å². The van der Waals surface area contributed by atoms with Crippen LogP contribution in [-0.2, 0) is 41.3 Å². The SMILES string of the molecule is CC(C)n1nc(S(=O)(=O)NC(=O)Nc2c3c(cc4c2CCC4)CCC3)cc1C(C)(C)O. The maximum atomic E-state index is 12.9. The van der Waals surface area contributed by atoms with Gasteiger partial charge < -0.3 is 10.4 Å². The Hall–Kier alpha value is -2.39. The lowest BCUT2D eigenvalue weighted by Crippen LogP contribution is -2.35. The summed E-state index contributed by atoms with van der Waals surface area (Å²) in [6.45, 7) is 6.82. The van der Waals surface area contributed by atoms with Crippen LogP contribution in [0.15, 0.2) is 17.2 Å². The molecule has 4 rings (SSSR count). The van der Waals surface area contributed by atoms with Crippen LogP contribution >= 0.6 is 0 Å². The second-order valence-electron chi connectivity index (χ2n) is 9.26. The second-order valence-corrected chi connectivity index (χ2v) is 10.9. The molecule has 8 nitrogen and oxygen atoms in total. The normalized spacial score (nSPS) is 15.8. The summed E-state index contributed by atoms with van der Waals surface area (Å²) in [4.78, 5) is 12.7. The van der Waals surface area contributed by atoms with Crippen molar-refractivity contribution in [2.24, 2.45) is 0 Å². The molecule has 2 aliphatic rings. The maximum Gasteiger partial charge on any atom is 0.333 e. The lowest BCUT2D eigenvalue weighted by molar-refractivity contribution is 0.0669.